The van der Waals surface area contributed by atoms with Gasteiger partial charge in [0.15, 0.2) is 0 Å². The Morgan fingerprint density at radius 1 is 1.50 bits per heavy atom. The van der Waals surface area contributed by atoms with Crippen LogP contribution >= 0.6 is 0 Å². The van der Waals surface area contributed by atoms with Gasteiger partial charge in [0.2, 0.25) is 0 Å². The molecule has 2 rings (SSSR count). The smallest absolute Gasteiger partial charge is 0.146 e. The second-order valence-electron chi connectivity index (χ2n) is 4.20. The molecule has 1 atom stereocenters. The molecule has 1 aliphatic heterocycles. The summed E-state index contributed by atoms with van der Waals surface area (Å²) in [6.45, 7) is 3.80. The minimum Gasteiger partial charge on any atom is -0.381 e. The zero-order valence-electron chi connectivity index (χ0n) is 9.54. The predicted molar refractivity (Wildman–Crippen MR) is 64.2 cm³/mol. The van der Waals surface area contributed by atoms with Crippen molar-refractivity contribution in [3.8, 4) is 0 Å². The summed E-state index contributed by atoms with van der Waals surface area (Å²) in [6, 6.07) is 7.22. The van der Waals surface area contributed by atoms with Crippen molar-refractivity contribution >= 4 is 5.69 Å². The summed E-state index contributed by atoms with van der Waals surface area (Å²) in [5, 5.41) is 6.50. The molecule has 0 spiro atoms. The van der Waals surface area contributed by atoms with Gasteiger partial charge in [-0.1, -0.05) is 12.1 Å². The van der Waals surface area contributed by atoms with Gasteiger partial charge in [-0.2, -0.15) is 0 Å². The van der Waals surface area contributed by atoms with Gasteiger partial charge in [0.1, 0.15) is 5.82 Å². The summed E-state index contributed by atoms with van der Waals surface area (Å²) in [5.74, 6) is -0.186. The highest BCUT2D eigenvalue weighted by atomic mass is 19.1. The summed E-state index contributed by atoms with van der Waals surface area (Å²) >= 11 is 0. The first-order valence-electron chi connectivity index (χ1n) is 5.67. The maximum absolute atomic E-state index is 13.3. The molecule has 88 valence electrons. The van der Waals surface area contributed by atoms with Crippen LogP contribution in [0.2, 0.25) is 0 Å². The van der Waals surface area contributed by atoms with Crippen molar-refractivity contribution < 1.29 is 4.39 Å². The Kier molecular flexibility index (Phi) is 3.74. The third-order valence-electron chi connectivity index (χ3n) is 3.05. The van der Waals surface area contributed by atoms with Crippen LogP contribution in [-0.4, -0.2) is 44.2 Å². The number of hydrogen-bond donors (Lipinski definition) is 2. The number of nitrogens with zero attached hydrogens (tertiary/aromatic N) is 1. The number of nitrogens with one attached hydrogen (secondary N) is 2. The van der Waals surface area contributed by atoms with E-state index in [4.69, 9.17) is 0 Å². The number of para-hydroxylation sites is 1. The molecule has 0 aliphatic carbocycles. The Labute approximate surface area is 95.6 Å². The van der Waals surface area contributed by atoms with Gasteiger partial charge < -0.3 is 10.6 Å². The van der Waals surface area contributed by atoms with Crippen molar-refractivity contribution in [2.24, 2.45) is 0 Å². The molecule has 1 heterocycles. The molecular weight excluding hydrogens is 205 g/mol. The van der Waals surface area contributed by atoms with E-state index in [0.29, 0.717) is 11.7 Å². The molecule has 16 heavy (non-hydrogen) atoms. The van der Waals surface area contributed by atoms with Crippen LogP contribution in [-0.2, 0) is 0 Å². The van der Waals surface area contributed by atoms with Crippen LogP contribution in [0.3, 0.4) is 0 Å². The van der Waals surface area contributed by atoms with Gasteiger partial charge in [0, 0.05) is 32.2 Å². The molecule has 0 amide bonds. The lowest BCUT2D eigenvalue weighted by Crippen LogP contribution is -2.52. The molecule has 1 saturated heterocycles. The summed E-state index contributed by atoms with van der Waals surface area (Å²) in [7, 11) is 2.11. The zero-order chi connectivity index (χ0) is 11.4. The number of anilines is 1. The largest absolute Gasteiger partial charge is 0.381 e. The van der Waals surface area contributed by atoms with Crippen molar-refractivity contribution in [1.29, 1.82) is 0 Å². The van der Waals surface area contributed by atoms with Crippen LogP contribution in [0.4, 0.5) is 10.1 Å². The first kappa shape index (κ1) is 11.4. The average Bonchev–Trinajstić information content (AvgIpc) is 2.30. The van der Waals surface area contributed by atoms with Crippen molar-refractivity contribution in [1.82, 2.24) is 10.2 Å². The lowest BCUT2D eigenvalue weighted by molar-refractivity contribution is 0.209. The van der Waals surface area contributed by atoms with Crippen LogP contribution in [0.5, 0.6) is 0 Å². The van der Waals surface area contributed by atoms with E-state index >= 15 is 0 Å². The van der Waals surface area contributed by atoms with E-state index in [-0.39, 0.29) is 5.82 Å². The van der Waals surface area contributed by atoms with Gasteiger partial charge in [-0.3, -0.25) is 4.90 Å². The van der Waals surface area contributed by atoms with Crippen molar-refractivity contribution in [2.45, 2.75) is 6.04 Å². The predicted octanol–water partition coefficient (Wildman–Crippen LogP) is 1.14. The molecule has 0 bridgehead atoms. The number of benzene rings is 1. The fraction of sp³-hybridized carbons (Fsp3) is 0.500. The number of rotatable bonds is 3. The topological polar surface area (TPSA) is 27.3 Å². The van der Waals surface area contributed by atoms with E-state index in [1.165, 1.54) is 6.07 Å². The quantitative estimate of drug-likeness (QED) is 0.804. The van der Waals surface area contributed by atoms with Crippen molar-refractivity contribution in [3.63, 3.8) is 0 Å². The Morgan fingerprint density at radius 3 is 3.06 bits per heavy atom. The fourth-order valence-electron chi connectivity index (χ4n) is 1.92. The van der Waals surface area contributed by atoms with E-state index in [0.717, 1.165) is 26.2 Å². The minimum absolute atomic E-state index is 0.186. The lowest BCUT2D eigenvalue weighted by atomic mass is 10.2. The molecule has 2 N–H and O–H groups in total. The summed E-state index contributed by atoms with van der Waals surface area (Å²) in [4.78, 5) is 2.30. The van der Waals surface area contributed by atoms with Gasteiger partial charge in [0.05, 0.1) is 5.69 Å². The molecule has 3 nitrogen and oxygen atoms in total. The van der Waals surface area contributed by atoms with Gasteiger partial charge in [-0.25, -0.2) is 4.39 Å². The summed E-state index contributed by atoms with van der Waals surface area (Å²) < 4.78 is 13.3. The standard InChI is InChI=1S/C12H18FN3/c1-16-7-6-14-8-10(16)9-15-12-5-3-2-4-11(12)13/h2-5,10,14-15H,6-9H2,1H3. The van der Waals surface area contributed by atoms with Gasteiger partial charge in [0.25, 0.3) is 0 Å². The monoisotopic (exact) mass is 223 g/mol. The van der Waals surface area contributed by atoms with Gasteiger partial charge >= 0.3 is 0 Å². The van der Waals surface area contributed by atoms with Crippen LogP contribution in [0.1, 0.15) is 0 Å². The van der Waals surface area contributed by atoms with Crippen molar-refractivity contribution in [3.05, 3.63) is 30.1 Å². The Balaban J connectivity index is 1.89. The van der Waals surface area contributed by atoms with Crippen LogP contribution in [0.25, 0.3) is 0 Å². The van der Waals surface area contributed by atoms with E-state index in [1.807, 2.05) is 6.07 Å². The Hall–Kier alpha value is -1.13. The number of likely N-dealkylation sites (N-methyl/N-ethyl adjacent to an activating group) is 1. The van der Waals surface area contributed by atoms with Crippen LogP contribution in [0, 0.1) is 5.82 Å². The summed E-state index contributed by atoms with van der Waals surface area (Å²) in [5.41, 5.74) is 0.585. The maximum atomic E-state index is 13.3. The highest BCUT2D eigenvalue weighted by Gasteiger charge is 2.18. The Morgan fingerprint density at radius 2 is 2.31 bits per heavy atom. The maximum Gasteiger partial charge on any atom is 0.146 e. The SMILES string of the molecule is CN1CCNCC1CNc1ccccc1F. The molecule has 1 aliphatic rings. The molecule has 0 saturated carbocycles. The second kappa shape index (κ2) is 5.27. The van der Waals surface area contributed by atoms with Crippen molar-refractivity contribution in [2.75, 3.05) is 38.5 Å². The van der Waals surface area contributed by atoms with Gasteiger partial charge in [-0.05, 0) is 19.2 Å². The number of halogens is 1. The number of piperazine rings is 1. The van der Waals surface area contributed by atoms with Crippen LogP contribution in [0.15, 0.2) is 24.3 Å². The third-order valence-corrected chi connectivity index (χ3v) is 3.05. The third kappa shape index (κ3) is 2.71. The van der Waals surface area contributed by atoms with E-state index in [2.05, 4.69) is 22.6 Å². The number of hydrogen-bond acceptors (Lipinski definition) is 3. The van der Waals surface area contributed by atoms with Gasteiger partial charge in [-0.15, -0.1) is 0 Å². The molecule has 1 unspecified atom stereocenters. The summed E-state index contributed by atoms with van der Waals surface area (Å²) in [6.07, 6.45) is 0. The highest BCUT2D eigenvalue weighted by molar-refractivity contribution is 5.44. The second-order valence-corrected chi connectivity index (χ2v) is 4.20. The molecule has 0 radical (unpaired) electrons. The molecule has 1 aromatic rings. The lowest BCUT2D eigenvalue weighted by Gasteiger charge is -2.33. The molecule has 0 aromatic heterocycles. The highest BCUT2D eigenvalue weighted by Crippen LogP contribution is 2.12. The normalized spacial score (nSPS) is 22.0. The first-order chi connectivity index (χ1) is 7.77. The molecule has 4 heteroatoms. The zero-order valence-corrected chi connectivity index (χ0v) is 9.54. The molecular formula is C12H18FN3. The van der Waals surface area contributed by atoms with E-state index in [1.54, 1.807) is 12.1 Å². The van der Waals surface area contributed by atoms with E-state index in [9.17, 15) is 4.39 Å². The van der Waals surface area contributed by atoms with Crippen LogP contribution < -0.4 is 10.6 Å². The average molecular weight is 223 g/mol. The molecule has 1 fully saturated rings. The fourth-order valence-corrected chi connectivity index (χ4v) is 1.92. The minimum atomic E-state index is -0.186. The Bertz CT molecular complexity index is 343. The molecule has 1 aromatic carbocycles. The van der Waals surface area contributed by atoms with E-state index < -0.39 is 0 Å². The first-order valence-corrected chi connectivity index (χ1v) is 5.67.